The van der Waals surface area contributed by atoms with Crippen molar-refractivity contribution >= 4 is 23.6 Å². The number of amides is 2. The Kier molecular flexibility index (Phi) is 3.74. The highest BCUT2D eigenvalue weighted by molar-refractivity contribution is 6.30. The third-order valence-corrected chi connectivity index (χ3v) is 3.71. The van der Waals surface area contributed by atoms with Crippen LogP contribution >= 0.6 is 11.6 Å². The van der Waals surface area contributed by atoms with Gasteiger partial charge in [-0.15, -0.1) is 5.10 Å². The summed E-state index contributed by atoms with van der Waals surface area (Å²) in [5, 5.41) is 14.7. The van der Waals surface area contributed by atoms with Crippen molar-refractivity contribution in [2.45, 2.75) is 18.9 Å². The van der Waals surface area contributed by atoms with Gasteiger partial charge in [-0.05, 0) is 35.8 Å². The molecule has 8 heteroatoms. The maximum Gasteiger partial charge on any atom is 0.324 e. The van der Waals surface area contributed by atoms with E-state index in [4.69, 9.17) is 11.6 Å². The summed E-state index contributed by atoms with van der Waals surface area (Å²) in [6.45, 7) is 0.698. The van der Waals surface area contributed by atoms with Crippen LogP contribution in [0.1, 0.15) is 24.4 Å². The van der Waals surface area contributed by atoms with Crippen molar-refractivity contribution in [1.29, 1.82) is 0 Å². The molecule has 7 nitrogen and oxygen atoms in total. The molecule has 1 aliphatic heterocycles. The number of likely N-dealkylation sites (tertiary alicyclic amines) is 1. The van der Waals surface area contributed by atoms with Gasteiger partial charge in [0, 0.05) is 11.6 Å². The SMILES string of the molecule is Cn1nnc(NC(=O)N2CCCC2c2cccc(Cl)c2)n1. The van der Waals surface area contributed by atoms with Crippen molar-refractivity contribution in [2.24, 2.45) is 7.05 Å². The summed E-state index contributed by atoms with van der Waals surface area (Å²) in [5.74, 6) is 0.208. The minimum Gasteiger partial charge on any atom is -0.317 e. The molecule has 0 spiro atoms. The van der Waals surface area contributed by atoms with E-state index in [1.165, 1.54) is 4.80 Å². The lowest BCUT2D eigenvalue weighted by molar-refractivity contribution is 0.207. The van der Waals surface area contributed by atoms with Crippen LogP contribution in [-0.4, -0.2) is 37.7 Å². The van der Waals surface area contributed by atoms with Crippen LogP contribution in [0.3, 0.4) is 0 Å². The molecule has 21 heavy (non-hydrogen) atoms. The number of anilines is 1. The van der Waals surface area contributed by atoms with Crippen LogP contribution in [0.2, 0.25) is 5.02 Å². The summed E-state index contributed by atoms with van der Waals surface area (Å²) in [7, 11) is 1.65. The van der Waals surface area contributed by atoms with E-state index < -0.39 is 0 Å². The van der Waals surface area contributed by atoms with Gasteiger partial charge in [-0.25, -0.2) is 4.79 Å². The van der Waals surface area contributed by atoms with E-state index in [0.717, 1.165) is 18.4 Å². The van der Waals surface area contributed by atoms with Crippen molar-refractivity contribution in [3.63, 3.8) is 0 Å². The standard InChI is InChI=1S/C13H15ClN6O/c1-19-17-12(16-18-19)15-13(21)20-7-3-6-11(20)9-4-2-5-10(14)8-9/h2,4-5,8,11H,3,6-7H2,1H3,(H,15,17,21). The minimum atomic E-state index is -0.217. The second kappa shape index (κ2) is 5.69. The predicted molar refractivity (Wildman–Crippen MR) is 77.9 cm³/mol. The highest BCUT2D eigenvalue weighted by Crippen LogP contribution is 2.33. The fourth-order valence-electron chi connectivity index (χ4n) is 2.57. The van der Waals surface area contributed by atoms with Crippen molar-refractivity contribution in [3.05, 3.63) is 34.9 Å². The van der Waals surface area contributed by atoms with Gasteiger partial charge in [-0.2, -0.15) is 4.80 Å². The molecule has 1 atom stereocenters. The van der Waals surface area contributed by atoms with Crippen molar-refractivity contribution in [3.8, 4) is 0 Å². The van der Waals surface area contributed by atoms with Crippen LogP contribution in [0.15, 0.2) is 24.3 Å². The summed E-state index contributed by atoms with van der Waals surface area (Å²) < 4.78 is 0. The molecule has 1 fully saturated rings. The van der Waals surface area contributed by atoms with E-state index in [9.17, 15) is 4.79 Å². The second-order valence-corrected chi connectivity index (χ2v) is 5.38. The number of rotatable bonds is 2. The fourth-order valence-corrected chi connectivity index (χ4v) is 2.77. The number of nitrogens with one attached hydrogen (secondary N) is 1. The number of aromatic nitrogens is 4. The molecule has 1 aromatic heterocycles. The van der Waals surface area contributed by atoms with Crippen LogP contribution in [0, 0.1) is 0 Å². The van der Waals surface area contributed by atoms with Gasteiger partial charge in [0.1, 0.15) is 0 Å². The Morgan fingerprint density at radius 1 is 1.48 bits per heavy atom. The predicted octanol–water partition coefficient (Wildman–Crippen LogP) is 2.23. The summed E-state index contributed by atoms with van der Waals surface area (Å²) in [6.07, 6.45) is 1.88. The summed E-state index contributed by atoms with van der Waals surface area (Å²) in [6, 6.07) is 7.43. The van der Waals surface area contributed by atoms with E-state index in [-0.39, 0.29) is 18.0 Å². The lowest BCUT2D eigenvalue weighted by atomic mass is 10.1. The number of carbonyl (C=O) groups excluding carboxylic acids is 1. The van der Waals surface area contributed by atoms with Gasteiger partial charge >= 0.3 is 6.03 Å². The second-order valence-electron chi connectivity index (χ2n) is 4.94. The van der Waals surface area contributed by atoms with Gasteiger partial charge in [0.25, 0.3) is 5.95 Å². The van der Waals surface area contributed by atoms with Gasteiger partial charge in [0.2, 0.25) is 0 Å². The molecule has 0 bridgehead atoms. The molecule has 1 saturated heterocycles. The summed E-state index contributed by atoms with van der Waals surface area (Å²) in [5.41, 5.74) is 1.04. The third kappa shape index (κ3) is 2.97. The molecule has 1 N–H and O–H groups in total. The monoisotopic (exact) mass is 306 g/mol. The van der Waals surface area contributed by atoms with E-state index >= 15 is 0 Å². The Balaban J connectivity index is 1.75. The fraction of sp³-hybridized carbons (Fsp3) is 0.385. The number of benzene rings is 1. The number of halogens is 1. The first kappa shape index (κ1) is 13.8. The first-order valence-corrected chi connectivity index (χ1v) is 7.08. The van der Waals surface area contributed by atoms with E-state index in [0.29, 0.717) is 11.6 Å². The molecule has 0 aliphatic carbocycles. The van der Waals surface area contributed by atoms with E-state index in [2.05, 4.69) is 20.7 Å². The number of hydrogen-bond donors (Lipinski definition) is 1. The van der Waals surface area contributed by atoms with Crippen molar-refractivity contribution in [2.75, 3.05) is 11.9 Å². The summed E-state index contributed by atoms with van der Waals surface area (Å²) >= 11 is 6.03. The van der Waals surface area contributed by atoms with E-state index in [1.807, 2.05) is 24.3 Å². The molecule has 1 aromatic carbocycles. The first-order chi connectivity index (χ1) is 10.1. The quantitative estimate of drug-likeness (QED) is 0.923. The average molecular weight is 307 g/mol. The van der Waals surface area contributed by atoms with E-state index in [1.54, 1.807) is 11.9 Å². The number of hydrogen-bond acceptors (Lipinski definition) is 4. The number of aryl methyl sites for hydroxylation is 1. The van der Waals surface area contributed by atoms with Gasteiger partial charge in [-0.3, -0.25) is 5.32 Å². The average Bonchev–Trinajstić information content (AvgIpc) is 3.07. The van der Waals surface area contributed by atoms with Crippen LogP contribution in [0.25, 0.3) is 0 Å². The molecule has 110 valence electrons. The van der Waals surface area contributed by atoms with Gasteiger partial charge in [0.15, 0.2) is 0 Å². The Labute approximate surface area is 126 Å². The Bertz CT molecular complexity index is 658. The minimum absolute atomic E-state index is 0.0281. The molecule has 3 rings (SSSR count). The molecule has 2 aromatic rings. The molecule has 2 amide bonds. The molecule has 0 radical (unpaired) electrons. The zero-order chi connectivity index (χ0) is 14.8. The van der Waals surface area contributed by atoms with Gasteiger partial charge in [0.05, 0.1) is 13.1 Å². The van der Waals surface area contributed by atoms with Crippen molar-refractivity contribution in [1.82, 2.24) is 25.1 Å². The van der Waals surface area contributed by atoms with Crippen molar-refractivity contribution < 1.29 is 4.79 Å². The smallest absolute Gasteiger partial charge is 0.317 e. The molecule has 1 aliphatic rings. The third-order valence-electron chi connectivity index (χ3n) is 3.47. The first-order valence-electron chi connectivity index (χ1n) is 6.70. The largest absolute Gasteiger partial charge is 0.324 e. The highest BCUT2D eigenvalue weighted by Gasteiger charge is 2.30. The van der Waals surface area contributed by atoms with Crippen LogP contribution in [-0.2, 0) is 7.05 Å². The zero-order valence-electron chi connectivity index (χ0n) is 11.5. The maximum atomic E-state index is 12.4. The lowest BCUT2D eigenvalue weighted by Crippen LogP contribution is -2.34. The number of urea groups is 1. The molecular weight excluding hydrogens is 292 g/mol. The number of tetrazole rings is 1. The van der Waals surface area contributed by atoms with Gasteiger partial charge in [-0.1, -0.05) is 28.8 Å². The van der Waals surface area contributed by atoms with Crippen LogP contribution in [0.4, 0.5) is 10.7 Å². The molecule has 1 unspecified atom stereocenters. The Morgan fingerprint density at radius 3 is 3.05 bits per heavy atom. The Hall–Kier alpha value is -2.15. The normalized spacial score (nSPS) is 18.0. The number of carbonyl (C=O) groups is 1. The topological polar surface area (TPSA) is 75.9 Å². The highest BCUT2D eigenvalue weighted by atomic mass is 35.5. The lowest BCUT2D eigenvalue weighted by Gasteiger charge is -2.24. The molecule has 2 heterocycles. The summed E-state index contributed by atoms with van der Waals surface area (Å²) in [4.78, 5) is 15.4. The zero-order valence-corrected chi connectivity index (χ0v) is 12.3. The van der Waals surface area contributed by atoms with Crippen LogP contribution < -0.4 is 5.32 Å². The Morgan fingerprint density at radius 2 is 2.33 bits per heavy atom. The maximum absolute atomic E-state index is 12.4. The number of nitrogens with zero attached hydrogens (tertiary/aromatic N) is 5. The molecule has 0 saturated carbocycles. The van der Waals surface area contributed by atoms with Gasteiger partial charge < -0.3 is 4.90 Å². The molecular formula is C13H15ClN6O. The van der Waals surface area contributed by atoms with Crippen LogP contribution in [0.5, 0.6) is 0 Å².